The van der Waals surface area contributed by atoms with Crippen LogP contribution in [0.2, 0.25) is 0 Å². The van der Waals surface area contributed by atoms with Crippen molar-refractivity contribution in [1.29, 1.82) is 0 Å². The highest BCUT2D eigenvalue weighted by atomic mass is 19.4. The van der Waals surface area contributed by atoms with Crippen LogP contribution in [0.25, 0.3) is 10.8 Å². The van der Waals surface area contributed by atoms with Gasteiger partial charge in [-0.2, -0.15) is 31.4 Å². The van der Waals surface area contributed by atoms with Crippen LogP contribution < -0.4 is 10.9 Å². The largest absolute Gasteiger partial charge is 0.416 e. The van der Waals surface area contributed by atoms with E-state index in [0.717, 1.165) is 4.68 Å². The van der Waals surface area contributed by atoms with E-state index < -0.39 is 40.6 Å². The molecule has 3 aromatic rings. The first-order valence-electron chi connectivity index (χ1n) is 9.02. The number of halogens is 6. The van der Waals surface area contributed by atoms with Crippen LogP contribution in [-0.2, 0) is 18.9 Å². The second kappa shape index (κ2) is 8.05. The van der Waals surface area contributed by atoms with E-state index >= 15 is 0 Å². The van der Waals surface area contributed by atoms with E-state index in [-0.39, 0.29) is 29.1 Å². The fourth-order valence-corrected chi connectivity index (χ4v) is 2.98. The molecule has 1 N–H and O–H groups in total. The van der Waals surface area contributed by atoms with Gasteiger partial charge in [0.05, 0.1) is 16.5 Å². The summed E-state index contributed by atoms with van der Waals surface area (Å²) in [4.78, 5) is 25.2. The number of carbonyl (C=O) groups is 1. The average Bonchev–Trinajstić information content (AvgIpc) is 2.68. The number of nitrogens with one attached hydrogen (secondary N) is 1. The molecule has 0 aliphatic heterocycles. The minimum absolute atomic E-state index is 0.0370. The Morgan fingerprint density at radius 1 is 0.968 bits per heavy atom. The highest BCUT2D eigenvalue weighted by molar-refractivity contribution is 6.11. The average molecular weight is 443 g/mol. The quantitative estimate of drug-likeness (QED) is 0.571. The first-order chi connectivity index (χ1) is 14.4. The Kier molecular flexibility index (Phi) is 5.79. The van der Waals surface area contributed by atoms with Crippen LogP contribution in [0.15, 0.2) is 47.3 Å². The molecule has 31 heavy (non-hydrogen) atoms. The zero-order valence-electron chi connectivity index (χ0n) is 15.9. The lowest BCUT2D eigenvalue weighted by Crippen LogP contribution is -2.27. The smallest absolute Gasteiger partial charge is 0.321 e. The summed E-state index contributed by atoms with van der Waals surface area (Å²) in [5, 5.41) is 6.30. The van der Waals surface area contributed by atoms with E-state index in [2.05, 4.69) is 5.10 Å². The molecule has 1 aromatic heterocycles. The third-order valence-electron chi connectivity index (χ3n) is 4.36. The normalized spacial score (nSPS) is 12.2. The first-order valence-corrected chi connectivity index (χ1v) is 9.02. The summed E-state index contributed by atoms with van der Waals surface area (Å²) in [6.07, 6.45) is -9.60. The van der Waals surface area contributed by atoms with Crippen LogP contribution in [-0.4, -0.2) is 15.7 Å². The van der Waals surface area contributed by atoms with Gasteiger partial charge in [0, 0.05) is 17.6 Å². The van der Waals surface area contributed by atoms with Gasteiger partial charge in [-0.1, -0.05) is 25.1 Å². The number of carbonyl (C=O) groups excluding carboxylic acids is 1. The van der Waals surface area contributed by atoms with Crippen molar-refractivity contribution in [2.45, 2.75) is 32.2 Å². The molecule has 0 bridgehead atoms. The first kappa shape index (κ1) is 22.3. The predicted molar refractivity (Wildman–Crippen MR) is 101 cm³/mol. The summed E-state index contributed by atoms with van der Waals surface area (Å²) < 4.78 is 79.4. The Hall–Kier alpha value is -3.37. The lowest BCUT2D eigenvalue weighted by molar-refractivity contribution is -0.143. The molecular weight excluding hydrogens is 428 g/mol. The molecular formula is C20H15F6N3O2. The van der Waals surface area contributed by atoms with Crippen molar-refractivity contribution >= 4 is 22.4 Å². The predicted octanol–water partition coefficient (Wildman–Crippen LogP) is 5.10. The van der Waals surface area contributed by atoms with Crippen LogP contribution in [0.3, 0.4) is 0 Å². The van der Waals surface area contributed by atoms with Crippen LogP contribution in [0.4, 0.5) is 32.0 Å². The van der Waals surface area contributed by atoms with Crippen molar-refractivity contribution in [1.82, 2.24) is 9.78 Å². The highest BCUT2D eigenvalue weighted by Gasteiger charge is 2.37. The molecule has 0 radical (unpaired) electrons. The molecule has 164 valence electrons. The Labute approximate surface area is 171 Å². The number of rotatable bonds is 4. The van der Waals surface area contributed by atoms with E-state index in [0.29, 0.717) is 18.6 Å². The van der Waals surface area contributed by atoms with Crippen LogP contribution in [0, 0.1) is 0 Å². The van der Waals surface area contributed by atoms with Gasteiger partial charge in [-0.25, -0.2) is 4.68 Å². The molecule has 11 heteroatoms. The number of anilines is 1. The molecule has 0 aliphatic rings. The summed E-state index contributed by atoms with van der Waals surface area (Å²) in [6, 6.07) is 6.72. The molecule has 5 nitrogen and oxygen atoms in total. The van der Waals surface area contributed by atoms with Gasteiger partial charge in [0.1, 0.15) is 0 Å². The molecule has 0 fully saturated rings. The third kappa shape index (κ3) is 4.70. The number of benzene rings is 2. The Morgan fingerprint density at radius 3 is 2.03 bits per heavy atom. The van der Waals surface area contributed by atoms with Crippen molar-refractivity contribution < 1.29 is 31.1 Å². The maximum Gasteiger partial charge on any atom is 0.416 e. The number of hydrogen-bond acceptors (Lipinski definition) is 3. The van der Waals surface area contributed by atoms with E-state index in [9.17, 15) is 35.9 Å². The van der Waals surface area contributed by atoms with Crippen LogP contribution in [0.1, 0.15) is 35.0 Å². The Bertz CT molecular complexity index is 1170. The van der Waals surface area contributed by atoms with Gasteiger partial charge < -0.3 is 5.32 Å². The molecule has 0 saturated carbocycles. The number of fused-ring (bicyclic) bond motifs is 1. The summed E-state index contributed by atoms with van der Waals surface area (Å²) in [5.74, 6) is -1.05. The molecule has 1 heterocycles. The van der Waals surface area contributed by atoms with Gasteiger partial charge in [0.2, 0.25) is 0 Å². The minimum atomic E-state index is -5.06. The van der Waals surface area contributed by atoms with Crippen molar-refractivity contribution in [2.75, 3.05) is 5.32 Å². The van der Waals surface area contributed by atoms with Gasteiger partial charge in [0.25, 0.3) is 11.5 Å². The molecule has 0 spiro atoms. The summed E-state index contributed by atoms with van der Waals surface area (Å²) >= 11 is 0. The second-order valence-corrected chi connectivity index (χ2v) is 6.67. The molecule has 2 aromatic carbocycles. The topological polar surface area (TPSA) is 64.0 Å². The van der Waals surface area contributed by atoms with Gasteiger partial charge in [0.15, 0.2) is 5.69 Å². The molecule has 3 rings (SSSR count). The fourth-order valence-electron chi connectivity index (χ4n) is 2.98. The lowest BCUT2D eigenvalue weighted by Gasteiger charge is -2.15. The molecule has 0 unspecified atom stereocenters. The number of aryl methyl sites for hydroxylation is 1. The van der Waals surface area contributed by atoms with E-state index in [1.165, 1.54) is 18.2 Å². The van der Waals surface area contributed by atoms with Crippen LogP contribution in [0.5, 0.6) is 0 Å². The summed E-state index contributed by atoms with van der Waals surface area (Å²) in [5.41, 5.74) is -4.59. The van der Waals surface area contributed by atoms with E-state index in [1.807, 2.05) is 5.32 Å². The van der Waals surface area contributed by atoms with Crippen molar-refractivity contribution in [3.63, 3.8) is 0 Å². The van der Waals surface area contributed by atoms with Crippen molar-refractivity contribution in [2.24, 2.45) is 0 Å². The number of amides is 1. The van der Waals surface area contributed by atoms with Gasteiger partial charge in [-0.3, -0.25) is 9.59 Å². The number of alkyl halides is 6. The summed E-state index contributed by atoms with van der Waals surface area (Å²) in [7, 11) is 0. The molecule has 0 aliphatic carbocycles. The van der Waals surface area contributed by atoms with Crippen LogP contribution >= 0.6 is 0 Å². The summed E-state index contributed by atoms with van der Waals surface area (Å²) in [6.45, 7) is 1.94. The molecule has 1 amide bonds. The lowest BCUT2D eigenvalue weighted by atomic mass is 10.1. The second-order valence-electron chi connectivity index (χ2n) is 6.67. The SMILES string of the molecule is CCCn1nc(C(=O)Nc2cc(C(F)(F)F)cc(C(F)(F)F)c2)c2ccccc2c1=O. The zero-order valence-corrected chi connectivity index (χ0v) is 15.9. The standard InChI is InChI=1S/C20H15F6N3O2/c1-2-7-29-18(31)15-6-4-3-5-14(15)16(28-29)17(30)27-13-9-11(19(21,22)23)8-12(10-13)20(24,25)26/h3-6,8-10H,2,7H2,1H3,(H,27,30). The fraction of sp³-hybridized carbons (Fsp3) is 0.250. The number of nitrogens with zero attached hydrogens (tertiary/aromatic N) is 2. The molecule has 0 atom stereocenters. The van der Waals surface area contributed by atoms with Gasteiger partial charge >= 0.3 is 12.4 Å². The minimum Gasteiger partial charge on any atom is -0.321 e. The van der Waals surface area contributed by atoms with Crippen molar-refractivity contribution in [3.8, 4) is 0 Å². The maximum atomic E-state index is 13.1. The number of aromatic nitrogens is 2. The highest BCUT2D eigenvalue weighted by Crippen LogP contribution is 2.37. The molecule has 0 saturated heterocycles. The van der Waals surface area contributed by atoms with E-state index in [4.69, 9.17) is 0 Å². The van der Waals surface area contributed by atoms with Gasteiger partial charge in [-0.15, -0.1) is 0 Å². The van der Waals surface area contributed by atoms with E-state index in [1.54, 1.807) is 13.0 Å². The van der Waals surface area contributed by atoms with Crippen molar-refractivity contribution in [3.05, 3.63) is 69.6 Å². The number of hydrogen-bond donors (Lipinski definition) is 1. The third-order valence-corrected chi connectivity index (χ3v) is 4.36. The maximum absolute atomic E-state index is 13.1. The monoisotopic (exact) mass is 443 g/mol. The Morgan fingerprint density at radius 2 is 1.52 bits per heavy atom. The Balaban J connectivity index is 2.11. The zero-order chi connectivity index (χ0) is 23.0. The van der Waals surface area contributed by atoms with Gasteiger partial charge in [-0.05, 0) is 30.7 Å².